The molecule has 1 saturated heterocycles. The monoisotopic (exact) mass is 234 g/mol. The molecule has 0 spiro atoms. The number of nitrogens with zero attached hydrogens (tertiary/aromatic N) is 1. The van der Waals surface area contributed by atoms with Crippen LogP contribution in [0.2, 0.25) is 0 Å². The molecule has 1 fully saturated rings. The van der Waals surface area contributed by atoms with Gasteiger partial charge < -0.3 is 10.5 Å². The fourth-order valence-corrected chi connectivity index (χ4v) is 3.06. The van der Waals surface area contributed by atoms with Crippen LogP contribution in [0.25, 0.3) is 0 Å². The van der Waals surface area contributed by atoms with Crippen molar-refractivity contribution >= 4 is 5.82 Å². The quantitative estimate of drug-likeness (QED) is 0.812. The van der Waals surface area contributed by atoms with Crippen LogP contribution in [-0.2, 0) is 4.74 Å². The van der Waals surface area contributed by atoms with Crippen molar-refractivity contribution in [1.82, 2.24) is 4.98 Å². The molecule has 1 atom stereocenters. The predicted octanol–water partition coefficient (Wildman–Crippen LogP) is 3.03. The molecular weight excluding hydrogens is 212 g/mol. The second-order valence-electron chi connectivity index (χ2n) is 6.15. The Hall–Kier alpha value is -1.09. The summed E-state index contributed by atoms with van der Waals surface area (Å²) in [7, 11) is 0. The molecule has 2 heterocycles. The number of aryl methyl sites for hydroxylation is 1. The van der Waals surface area contributed by atoms with Gasteiger partial charge in [-0.15, -0.1) is 0 Å². The maximum Gasteiger partial charge on any atom is 0.127 e. The summed E-state index contributed by atoms with van der Waals surface area (Å²) in [6.45, 7) is 10.6. The Morgan fingerprint density at radius 2 is 2.00 bits per heavy atom. The van der Waals surface area contributed by atoms with Gasteiger partial charge in [0, 0.05) is 17.7 Å². The van der Waals surface area contributed by atoms with Gasteiger partial charge in [0.2, 0.25) is 0 Å². The topological polar surface area (TPSA) is 48.1 Å². The molecule has 0 aromatic carbocycles. The van der Waals surface area contributed by atoms with Crippen molar-refractivity contribution in [2.24, 2.45) is 0 Å². The van der Waals surface area contributed by atoms with E-state index in [1.807, 2.05) is 6.07 Å². The van der Waals surface area contributed by atoms with Gasteiger partial charge in [-0.05, 0) is 52.7 Å². The van der Waals surface area contributed by atoms with Crippen molar-refractivity contribution in [3.05, 3.63) is 23.4 Å². The summed E-state index contributed by atoms with van der Waals surface area (Å²) in [6.07, 6.45) is 2.75. The van der Waals surface area contributed by atoms with Crippen LogP contribution < -0.4 is 5.73 Å². The van der Waals surface area contributed by atoms with Gasteiger partial charge in [0.15, 0.2) is 0 Å². The van der Waals surface area contributed by atoms with E-state index in [0.717, 1.165) is 12.0 Å². The Balaban J connectivity index is 2.47. The highest BCUT2D eigenvalue weighted by Gasteiger charge is 2.47. The largest absolute Gasteiger partial charge is 0.383 e. The summed E-state index contributed by atoms with van der Waals surface area (Å²) in [4.78, 5) is 4.22. The molecule has 17 heavy (non-hydrogen) atoms. The van der Waals surface area contributed by atoms with Crippen molar-refractivity contribution in [3.63, 3.8) is 0 Å². The lowest BCUT2D eigenvalue weighted by molar-refractivity contribution is -0.0681. The number of hydrogen-bond acceptors (Lipinski definition) is 3. The minimum atomic E-state index is -0.189. The fourth-order valence-electron chi connectivity index (χ4n) is 3.06. The molecule has 0 amide bonds. The van der Waals surface area contributed by atoms with Gasteiger partial charge in [0.05, 0.1) is 11.2 Å². The molecule has 3 heteroatoms. The molecule has 1 unspecified atom stereocenters. The maximum atomic E-state index is 6.13. The zero-order chi connectivity index (χ0) is 12.8. The van der Waals surface area contributed by atoms with Crippen molar-refractivity contribution in [3.8, 4) is 0 Å². The van der Waals surface area contributed by atoms with E-state index < -0.39 is 0 Å². The van der Waals surface area contributed by atoms with Crippen LogP contribution in [0.4, 0.5) is 5.82 Å². The van der Waals surface area contributed by atoms with E-state index >= 15 is 0 Å². The molecule has 1 aliphatic heterocycles. The van der Waals surface area contributed by atoms with Crippen LogP contribution in [0.3, 0.4) is 0 Å². The van der Waals surface area contributed by atoms with E-state index in [9.17, 15) is 0 Å². The highest BCUT2D eigenvalue weighted by Crippen LogP contribution is 2.49. The number of aromatic nitrogens is 1. The highest BCUT2D eigenvalue weighted by atomic mass is 16.5. The van der Waals surface area contributed by atoms with Crippen LogP contribution in [-0.4, -0.2) is 16.2 Å². The number of nitrogen functional groups attached to an aromatic ring is 1. The maximum absolute atomic E-state index is 6.13. The second kappa shape index (κ2) is 3.70. The number of ether oxygens (including phenoxy) is 1. The number of anilines is 1. The molecule has 1 aliphatic rings. The summed E-state index contributed by atoms with van der Waals surface area (Å²) < 4.78 is 6.13. The third-order valence-corrected chi connectivity index (χ3v) is 3.66. The molecule has 3 nitrogen and oxygen atoms in total. The van der Waals surface area contributed by atoms with Crippen LogP contribution in [0, 0.1) is 6.92 Å². The molecule has 0 aliphatic carbocycles. The molecule has 2 rings (SSSR count). The van der Waals surface area contributed by atoms with Crippen LogP contribution in [0.15, 0.2) is 12.3 Å². The molecule has 94 valence electrons. The standard InChI is InChI=1S/C14H22N2O/c1-9-6-7-16-12(15)11(9)10-8-13(2,3)17-14(10,4)5/h6-7,10H,8H2,1-5H3,(H2,15,16). The fraction of sp³-hybridized carbons (Fsp3) is 0.643. The first kappa shape index (κ1) is 12.4. The van der Waals surface area contributed by atoms with Crippen molar-refractivity contribution in [1.29, 1.82) is 0 Å². The zero-order valence-electron chi connectivity index (χ0n) is 11.4. The summed E-state index contributed by atoms with van der Waals surface area (Å²) in [5, 5.41) is 0. The first-order valence-electron chi connectivity index (χ1n) is 6.14. The Bertz CT molecular complexity index is 418. The van der Waals surface area contributed by atoms with E-state index in [1.54, 1.807) is 6.20 Å². The van der Waals surface area contributed by atoms with Crippen molar-refractivity contribution in [2.75, 3.05) is 5.73 Å². The SMILES string of the molecule is Cc1ccnc(N)c1C1CC(C)(C)OC1(C)C. The first-order chi connectivity index (χ1) is 7.73. The minimum absolute atomic E-state index is 0.0944. The molecule has 0 radical (unpaired) electrons. The van der Waals surface area contributed by atoms with Gasteiger partial charge in [0.25, 0.3) is 0 Å². The molecule has 1 aromatic heterocycles. The third-order valence-electron chi connectivity index (χ3n) is 3.66. The molecule has 2 N–H and O–H groups in total. The van der Waals surface area contributed by atoms with Crippen molar-refractivity contribution < 1.29 is 4.74 Å². The van der Waals surface area contributed by atoms with E-state index in [1.165, 1.54) is 5.56 Å². The van der Waals surface area contributed by atoms with Gasteiger partial charge in [0.1, 0.15) is 5.82 Å². The normalized spacial score (nSPS) is 26.1. The first-order valence-corrected chi connectivity index (χ1v) is 6.14. The van der Waals surface area contributed by atoms with Gasteiger partial charge in [-0.3, -0.25) is 0 Å². The molecule has 0 bridgehead atoms. The number of rotatable bonds is 1. The number of nitrogens with two attached hydrogens (primary N) is 1. The lowest BCUT2D eigenvalue weighted by Gasteiger charge is -2.28. The zero-order valence-corrected chi connectivity index (χ0v) is 11.4. The minimum Gasteiger partial charge on any atom is -0.383 e. The lowest BCUT2D eigenvalue weighted by atomic mass is 9.80. The Labute approximate surface area is 103 Å². The highest BCUT2D eigenvalue weighted by molar-refractivity contribution is 5.48. The lowest BCUT2D eigenvalue weighted by Crippen LogP contribution is -2.29. The van der Waals surface area contributed by atoms with Crippen LogP contribution >= 0.6 is 0 Å². The summed E-state index contributed by atoms with van der Waals surface area (Å²) in [6, 6.07) is 2.02. The smallest absolute Gasteiger partial charge is 0.127 e. The molecular formula is C14H22N2O. The Morgan fingerprint density at radius 3 is 2.47 bits per heavy atom. The van der Waals surface area contributed by atoms with Crippen LogP contribution in [0.1, 0.15) is 51.2 Å². The summed E-state index contributed by atoms with van der Waals surface area (Å²) >= 11 is 0. The molecule has 1 aromatic rings. The Morgan fingerprint density at radius 1 is 1.35 bits per heavy atom. The van der Waals surface area contributed by atoms with Gasteiger partial charge in [-0.1, -0.05) is 0 Å². The van der Waals surface area contributed by atoms with Gasteiger partial charge in [-0.2, -0.15) is 0 Å². The average molecular weight is 234 g/mol. The number of pyridine rings is 1. The molecule has 0 saturated carbocycles. The van der Waals surface area contributed by atoms with E-state index in [-0.39, 0.29) is 11.2 Å². The number of hydrogen-bond donors (Lipinski definition) is 1. The average Bonchev–Trinajstić information content (AvgIpc) is 2.34. The summed E-state index contributed by atoms with van der Waals surface area (Å²) in [5.74, 6) is 0.954. The second-order valence-corrected chi connectivity index (χ2v) is 6.15. The van der Waals surface area contributed by atoms with Gasteiger partial charge >= 0.3 is 0 Å². The summed E-state index contributed by atoms with van der Waals surface area (Å²) in [5.41, 5.74) is 8.12. The third kappa shape index (κ3) is 2.16. The predicted molar refractivity (Wildman–Crippen MR) is 70.0 cm³/mol. The van der Waals surface area contributed by atoms with Crippen LogP contribution in [0.5, 0.6) is 0 Å². The van der Waals surface area contributed by atoms with E-state index in [0.29, 0.717) is 11.7 Å². The van der Waals surface area contributed by atoms with Crippen molar-refractivity contribution in [2.45, 2.75) is 58.2 Å². The van der Waals surface area contributed by atoms with E-state index in [4.69, 9.17) is 10.5 Å². The van der Waals surface area contributed by atoms with Gasteiger partial charge in [-0.25, -0.2) is 4.98 Å². The Kier molecular flexibility index (Phi) is 2.69. The van der Waals surface area contributed by atoms with E-state index in [2.05, 4.69) is 39.6 Å².